The van der Waals surface area contributed by atoms with Crippen LogP contribution < -0.4 is 4.74 Å². The standard InChI is InChI=1S/C11H11ClOS/c1-3-7-4-5-8(12)11-10(7)9(13-2)6-14-11/h4-6H,3H2,1-2H3. The lowest BCUT2D eigenvalue weighted by atomic mass is 10.1. The fourth-order valence-electron chi connectivity index (χ4n) is 1.60. The van der Waals surface area contributed by atoms with Gasteiger partial charge >= 0.3 is 0 Å². The fourth-order valence-corrected chi connectivity index (χ4v) is 2.86. The van der Waals surface area contributed by atoms with E-state index in [4.69, 9.17) is 16.3 Å². The Kier molecular flexibility index (Phi) is 2.66. The third-order valence-corrected chi connectivity index (χ3v) is 3.75. The van der Waals surface area contributed by atoms with Crippen molar-refractivity contribution in [3.8, 4) is 5.75 Å². The summed E-state index contributed by atoms with van der Waals surface area (Å²) in [7, 11) is 1.70. The second-order valence-electron chi connectivity index (χ2n) is 3.07. The van der Waals surface area contributed by atoms with E-state index >= 15 is 0 Å². The van der Waals surface area contributed by atoms with E-state index in [2.05, 4.69) is 13.0 Å². The molecule has 0 atom stereocenters. The molecule has 0 aliphatic carbocycles. The number of thiophene rings is 1. The summed E-state index contributed by atoms with van der Waals surface area (Å²) in [5.74, 6) is 0.935. The molecule has 74 valence electrons. The van der Waals surface area contributed by atoms with Crippen molar-refractivity contribution in [2.75, 3.05) is 7.11 Å². The van der Waals surface area contributed by atoms with Crippen LogP contribution in [0.15, 0.2) is 17.5 Å². The van der Waals surface area contributed by atoms with Crippen LogP contribution in [-0.4, -0.2) is 7.11 Å². The van der Waals surface area contributed by atoms with Crippen molar-refractivity contribution in [3.63, 3.8) is 0 Å². The van der Waals surface area contributed by atoms with E-state index in [1.165, 1.54) is 10.9 Å². The summed E-state index contributed by atoms with van der Waals surface area (Å²) in [5, 5.41) is 3.99. The molecule has 14 heavy (non-hydrogen) atoms. The topological polar surface area (TPSA) is 9.23 Å². The zero-order valence-corrected chi connectivity index (χ0v) is 9.71. The lowest BCUT2D eigenvalue weighted by molar-refractivity contribution is 0.421. The molecule has 1 nitrogen and oxygen atoms in total. The molecule has 0 N–H and O–H groups in total. The first kappa shape index (κ1) is 9.81. The Bertz CT molecular complexity index is 462. The summed E-state index contributed by atoms with van der Waals surface area (Å²) < 4.78 is 6.44. The van der Waals surface area contributed by atoms with Gasteiger partial charge in [0.05, 0.1) is 16.8 Å². The molecule has 0 unspecified atom stereocenters. The molecule has 0 saturated carbocycles. The summed E-state index contributed by atoms with van der Waals surface area (Å²) in [6.07, 6.45) is 1.00. The number of hydrogen-bond acceptors (Lipinski definition) is 2. The van der Waals surface area contributed by atoms with E-state index in [1.54, 1.807) is 18.4 Å². The molecule has 2 rings (SSSR count). The fraction of sp³-hybridized carbons (Fsp3) is 0.273. The average Bonchev–Trinajstić information content (AvgIpc) is 2.63. The third-order valence-electron chi connectivity index (χ3n) is 2.33. The van der Waals surface area contributed by atoms with Crippen molar-refractivity contribution < 1.29 is 4.74 Å². The van der Waals surface area contributed by atoms with Crippen LogP contribution in [-0.2, 0) is 6.42 Å². The second-order valence-corrected chi connectivity index (χ2v) is 4.36. The first-order chi connectivity index (χ1) is 6.77. The monoisotopic (exact) mass is 226 g/mol. The van der Waals surface area contributed by atoms with Crippen molar-refractivity contribution in [2.24, 2.45) is 0 Å². The summed E-state index contributed by atoms with van der Waals surface area (Å²) in [6, 6.07) is 4.03. The van der Waals surface area contributed by atoms with E-state index < -0.39 is 0 Å². The Hall–Kier alpha value is -0.730. The van der Waals surface area contributed by atoms with Gasteiger partial charge in [0.25, 0.3) is 0 Å². The quantitative estimate of drug-likeness (QED) is 0.749. The summed E-state index contributed by atoms with van der Waals surface area (Å²) in [5.41, 5.74) is 1.29. The normalized spacial score (nSPS) is 10.8. The molecule has 1 aromatic heterocycles. The lowest BCUT2D eigenvalue weighted by Gasteiger charge is -2.03. The van der Waals surface area contributed by atoms with Crippen LogP contribution in [0.25, 0.3) is 10.1 Å². The second kappa shape index (κ2) is 3.79. The van der Waals surface area contributed by atoms with Crippen LogP contribution in [0, 0.1) is 0 Å². The number of halogens is 1. The van der Waals surface area contributed by atoms with E-state index in [9.17, 15) is 0 Å². The zero-order valence-electron chi connectivity index (χ0n) is 8.13. The maximum Gasteiger partial charge on any atom is 0.137 e. The maximum absolute atomic E-state index is 6.11. The van der Waals surface area contributed by atoms with Crippen molar-refractivity contribution in [2.45, 2.75) is 13.3 Å². The predicted octanol–water partition coefficient (Wildman–Crippen LogP) is 4.13. The molecule has 0 fully saturated rings. The number of rotatable bonds is 2. The van der Waals surface area contributed by atoms with Gasteiger partial charge in [-0.25, -0.2) is 0 Å². The molecule has 0 radical (unpaired) electrons. The van der Waals surface area contributed by atoms with E-state index in [0.29, 0.717) is 0 Å². The number of aryl methyl sites for hydroxylation is 1. The van der Waals surface area contributed by atoms with Gasteiger partial charge in [0.2, 0.25) is 0 Å². The molecule has 0 bridgehead atoms. The molecule has 0 aliphatic heterocycles. The first-order valence-electron chi connectivity index (χ1n) is 4.50. The van der Waals surface area contributed by atoms with Gasteiger partial charge in [0.1, 0.15) is 5.75 Å². The predicted molar refractivity (Wildman–Crippen MR) is 62.8 cm³/mol. The van der Waals surface area contributed by atoms with Gasteiger partial charge in [-0.05, 0) is 18.1 Å². The molecule has 0 aliphatic rings. The van der Waals surface area contributed by atoms with Crippen LogP contribution in [0.4, 0.5) is 0 Å². The summed E-state index contributed by atoms with van der Waals surface area (Å²) in [6.45, 7) is 2.14. The van der Waals surface area contributed by atoms with Gasteiger partial charge in [-0.1, -0.05) is 24.6 Å². The highest BCUT2D eigenvalue weighted by Gasteiger charge is 2.10. The summed E-state index contributed by atoms with van der Waals surface area (Å²) >= 11 is 7.75. The van der Waals surface area contributed by atoms with Crippen molar-refractivity contribution in [3.05, 3.63) is 28.1 Å². The third kappa shape index (κ3) is 1.39. The number of fused-ring (bicyclic) bond motifs is 1. The maximum atomic E-state index is 6.11. The molecule has 0 amide bonds. The Morgan fingerprint density at radius 3 is 2.86 bits per heavy atom. The van der Waals surface area contributed by atoms with Crippen LogP contribution in [0.3, 0.4) is 0 Å². The summed E-state index contributed by atoms with van der Waals surface area (Å²) in [4.78, 5) is 0. The number of hydrogen-bond donors (Lipinski definition) is 0. The largest absolute Gasteiger partial charge is 0.495 e. The molecule has 1 aromatic carbocycles. The van der Waals surface area contributed by atoms with Crippen LogP contribution in [0.2, 0.25) is 5.02 Å². The molecule has 0 spiro atoms. The first-order valence-corrected chi connectivity index (χ1v) is 5.76. The van der Waals surface area contributed by atoms with Crippen LogP contribution >= 0.6 is 22.9 Å². The minimum Gasteiger partial charge on any atom is -0.495 e. The van der Waals surface area contributed by atoms with Crippen LogP contribution in [0.5, 0.6) is 5.75 Å². The number of benzene rings is 1. The molecule has 3 heteroatoms. The van der Waals surface area contributed by atoms with Gasteiger partial charge in [0, 0.05) is 10.8 Å². The Morgan fingerprint density at radius 2 is 2.21 bits per heavy atom. The Balaban J connectivity index is 2.82. The Labute approximate surface area is 92.3 Å². The van der Waals surface area contributed by atoms with Crippen molar-refractivity contribution in [1.29, 1.82) is 0 Å². The minimum absolute atomic E-state index is 0.811. The van der Waals surface area contributed by atoms with E-state index in [-0.39, 0.29) is 0 Å². The number of methoxy groups -OCH3 is 1. The smallest absolute Gasteiger partial charge is 0.137 e. The van der Waals surface area contributed by atoms with Crippen molar-refractivity contribution >= 4 is 33.0 Å². The minimum atomic E-state index is 0.811. The average molecular weight is 227 g/mol. The highest BCUT2D eigenvalue weighted by Crippen LogP contribution is 2.39. The molecular weight excluding hydrogens is 216 g/mol. The SMILES string of the molecule is CCc1ccc(Cl)c2scc(OC)c12. The highest BCUT2D eigenvalue weighted by molar-refractivity contribution is 7.18. The van der Waals surface area contributed by atoms with Gasteiger partial charge in [0.15, 0.2) is 0 Å². The van der Waals surface area contributed by atoms with Crippen molar-refractivity contribution in [1.82, 2.24) is 0 Å². The van der Waals surface area contributed by atoms with E-state index in [0.717, 1.165) is 21.9 Å². The molecule has 1 heterocycles. The lowest BCUT2D eigenvalue weighted by Crippen LogP contribution is -1.85. The van der Waals surface area contributed by atoms with Gasteiger partial charge in [-0.2, -0.15) is 0 Å². The molecule has 0 saturated heterocycles. The molecule has 2 aromatic rings. The zero-order chi connectivity index (χ0) is 10.1. The molecular formula is C11H11ClOS. The Morgan fingerprint density at radius 1 is 1.43 bits per heavy atom. The van der Waals surface area contributed by atoms with Gasteiger partial charge < -0.3 is 4.74 Å². The van der Waals surface area contributed by atoms with E-state index in [1.807, 2.05) is 11.4 Å². The number of ether oxygens (including phenoxy) is 1. The van der Waals surface area contributed by atoms with Gasteiger partial charge in [-0.15, -0.1) is 11.3 Å². The van der Waals surface area contributed by atoms with Crippen LogP contribution in [0.1, 0.15) is 12.5 Å². The van der Waals surface area contributed by atoms with Gasteiger partial charge in [-0.3, -0.25) is 0 Å². The highest BCUT2D eigenvalue weighted by atomic mass is 35.5.